The molecular formula is C66H76BN3O. The Kier molecular flexibility index (Phi) is 10.1. The minimum Gasteiger partial charge on any atom is -0.501 e. The highest BCUT2D eigenvalue weighted by atomic mass is 16.5. The summed E-state index contributed by atoms with van der Waals surface area (Å²) in [7, 11) is 0. The number of rotatable bonds is 5. The minimum atomic E-state index is -0.0842. The summed E-state index contributed by atoms with van der Waals surface area (Å²) in [5.74, 6) is 0.182. The average Bonchev–Trinajstić information content (AvgIpc) is 3.75. The van der Waals surface area contributed by atoms with E-state index < -0.39 is 0 Å². The predicted molar refractivity (Wildman–Crippen MR) is 302 cm³/mol. The lowest BCUT2D eigenvalue weighted by molar-refractivity contribution is -0.0623. The van der Waals surface area contributed by atoms with Crippen LogP contribution in [0.2, 0.25) is 0 Å². The third-order valence-corrected chi connectivity index (χ3v) is 19.0. The summed E-state index contributed by atoms with van der Waals surface area (Å²) < 4.78 is 7.88. The van der Waals surface area contributed by atoms with Gasteiger partial charge < -0.3 is 19.4 Å². The third-order valence-electron chi connectivity index (χ3n) is 19.0. The van der Waals surface area contributed by atoms with Gasteiger partial charge in [0.15, 0.2) is 0 Å². The molecule has 12 rings (SSSR count). The molecule has 6 aliphatic rings. The Morgan fingerprint density at radius 1 is 0.465 bits per heavy atom. The van der Waals surface area contributed by atoms with Gasteiger partial charge in [0.05, 0.1) is 17.0 Å². The quantitative estimate of drug-likeness (QED) is 0.160. The summed E-state index contributed by atoms with van der Waals surface area (Å²) in [5.41, 5.74) is 23.4. The van der Waals surface area contributed by atoms with E-state index in [1.807, 2.05) is 0 Å². The number of fused-ring (bicyclic) bond motifs is 7. The lowest BCUT2D eigenvalue weighted by atomic mass is 9.35. The Labute approximate surface area is 426 Å². The normalized spacial score (nSPS) is 23.1. The number of benzene rings is 6. The van der Waals surface area contributed by atoms with Gasteiger partial charge in [0, 0.05) is 51.1 Å². The second-order valence-electron chi connectivity index (χ2n) is 26.8. The Morgan fingerprint density at radius 3 is 1.66 bits per heavy atom. The van der Waals surface area contributed by atoms with Crippen molar-refractivity contribution in [2.45, 2.75) is 163 Å². The topological polar surface area (TPSA) is 19.0 Å². The van der Waals surface area contributed by atoms with Gasteiger partial charge in [-0.15, -0.1) is 0 Å². The van der Waals surface area contributed by atoms with E-state index in [2.05, 4.69) is 233 Å². The molecule has 0 aromatic heterocycles. The highest BCUT2D eigenvalue weighted by Crippen LogP contribution is 2.62. The number of aryl methyl sites for hydroxylation is 2. The number of anilines is 8. The van der Waals surface area contributed by atoms with E-state index in [9.17, 15) is 0 Å². The van der Waals surface area contributed by atoms with Crippen LogP contribution < -0.4 is 25.6 Å². The lowest BCUT2D eigenvalue weighted by Gasteiger charge is -2.50. The average molecular weight is 938 g/mol. The van der Waals surface area contributed by atoms with Crippen molar-refractivity contribution in [3.8, 4) is 0 Å². The van der Waals surface area contributed by atoms with Gasteiger partial charge in [-0.3, -0.25) is 0 Å². The number of hydrogen-bond donors (Lipinski definition) is 0. The molecule has 364 valence electrons. The number of para-hydroxylation sites is 1. The highest BCUT2D eigenvalue weighted by molar-refractivity contribution is 6.94. The maximum Gasteiger partial charge on any atom is 0.295 e. The molecule has 3 heterocycles. The summed E-state index contributed by atoms with van der Waals surface area (Å²) >= 11 is 0. The summed E-state index contributed by atoms with van der Waals surface area (Å²) in [4.78, 5) is 7.88. The molecule has 3 aliphatic carbocycles. The third kappa shape index (κ3) is 7.05. The molecule has 71 heavy (non-hydrogen) atoms. The van der Waals surface area contributed by atoms with E-state index in [-0.39, 0.29) is 51.2 Å². The van der Waals surface area contributed by atoms with Gasteiger partial charge in [-0.1, -0.05) is 149 Å². The first-order valence-electron chi connectivity index (χ1n) is 27.0. The molecule has 0 spiro atoms. The maximum absolute atomic E-state index is 7.88. The van der Waals surface area contributed by atoms with Gasteiger partial charge in [0.2, 0.25) is 0 Å². The van der Waals surface area contributed by atoms with Gasteiger partial charge in [-0.05, 0) is 179 Å². The van der Waals surface area contributed by atoms with Gasteiger partial charge in [0.1, 0.15) is 6.10 Å². The van der Waals surface area contributed by atoms with Crippen molar-refractivity contribution in [2.24, 2.45) is 16.7 Å². The molecule has 3 aliphatic heterocycles. The smallest absolute Gasteiger partial charge is 0.295 e. The van der Waals surface area contributed by atoms with E-state index in [1.165, 1.54) is 91.3 Å². The van der Waals surface area contributed by atoms with Crippen LogP contribution in [-0.2, 0) is 26.4 Å². The van der Waals surface area contributed by atoms with Crippen molar-refractivity contribution in [2.75, 3.05) is 14.7 Å². The molecule has 6 aromatic carbocycles. The van der Waals surface area contributed by atoms with E-state index in [4.69, 9.17) is 4.74 Å². The zero-order chi connectivity index (χ0) is 49.9. The van der Waals surface area contributed by atoms with E-state index in [1.54, 1.807) is 0 Å². The predicted octanol–water partition coefficient (Wildman–Crippen LogP) is 16.6. The maximum atomic E-state index is 7.88. The SMILES string of the molecule is Cc1ccc(N2c3ccc(C)cc3B3C4=C(C5C(O4)C(C)(C)CCC5(C)C)N(c4ccc5c(c4)C(C)(C)CCC5(C)C)c4cc(N(c5ccccc5)c5ccc6c(c5)C(C)(C)CCC6(C)C)cc2c43)cc1. The Hall–Kier alpha value is -5.68. The number of hydrogen-bond acceptors (Lipinski definition) is 4. The summed E-state index contributed by atoms with van der Waals surface area (Å²) in [5, 5.41) is 0. The van der Waals surface area contributed by atoms with Gasteiger partial charge in [-0.25, -0.2) is 0 Å². The molecule has 4 nitrogen and oxygen atoms in total. The first-order chi connectivity index (χ1) is 33.5. The summed E-state index contributed by atoms with van der Waals surface area (Å²) in [6.45, 7) is 34.0. The van der Waals surface area contributed by atoms with Crippen molar-refractivity contribution in [1.29, 1.82) is 0 Å². The van der Waals surface area contributed by atoms with Crippen LogP contribution in [0.1, 0.15) is 155 Å². The Morgan fingerprint density at radius 2 is 1.01 bits per heavy atom. The van der Waals surface area contributed by atoms with Crippen LogP contribution in [0.4, 0.5) is 45.5 Å². The second-order valence-corrected chi connectivity index (χ2v) is 26.8. The zero-order valence-electron chi connectivity index (χ0n) is 45.3. The van der Waals surface area contributed by atoms with Crippen LogP contribution in [-0.4, -0.2) is 12.8 Å². The van der Waals surface area contributed by atoms with Crippen LogP contribution in [0, 0.1) is 30.6 Å². The van der Waals surface area contributed by atoms with Crippen LogP contribution in [0.3, 0.4) is 0 Å². The van der Waals surface area contributed by atoms with E-state index in [0.29, 0.717) is 0 Å². The number of ether oxygens (including phenoxy) is 1. The molecule has 0 N–H and O–H groups in total. The molecule has 0 radical (unpaired) electrons. The molecule has 0 amide bonds. The van der Waals surface area contributed by atoms with Crippen molar-refractivity contribution >= 4 is 63.1 Å². The second kappa shape index (κ2) is 15.4. The van der Waals surface area contributed by atoms with Crippen molar-refractivity contribution in [1.82, 2.24) is 0 Å². The van der Waals surface area contributed by atoms with Gasteiger partial charge >= 0.3 is 0 Å². The standard InChI is InChI=1S/C66H76BN3O/c1-41-20-23-44(24-21-41)69-53-29-22-42(2)36-52(53)67-57-54(69)39-47(68(43-18-16-15-17-19-43)45-25-27-48-50(37-45)63(7,8)32-30-61(48,3)4)40-55(57)70(46-26-28-49-51(38-46)64(9,10)33-31-62(49,5)6)58-56-59(71-60(58)67)66(13,14)35-34-65(56,11)12/h15-29,36-40,56,59H,30-35H2,1-14H3. The largest absolute Gasteiger partial charge is 0.501 e. The first-order valence-corrected chi connectivity index (χ1v) is 27.0. The molecule has 1 fully saturated rings. The van der Waals surface area contributed by atoms with Crippen LogP contribution in [0.5, 0.6) is 0 Å². The van der Waals surface area contributed by atoms with Crippen molar-refractivity contribution < 1.29 is 4.74 Å². The Balaban J connectivity index is 1.21. The molecule has 1 saturated carbocycles. The van der Waals surface area contributed by atoms with E-state index >= 15 is 0 Å². The molecule has 0 bridgehead atoms. The van der Waals surface area contributed by atoms with Gasteiger partial charge in [0.25, 0.3) is 6.71 Å². The fourth-order valence-corrected chi connectivity index (χ4v) is 14.3. The summed E-state index contributed by atoms with van der Waals surface area (Å²) in [6.07, 6.45) is 7.01. The van der Waals surface area contributed by atoms with Crippen LogP contribution in [0.25, 0.3) is 0 Å². The first kappa shape index (κ1) is 46.4. The zero-order valence-corrected chi connectivity index (χ0v) is 45.3. The molecule has 2 atom stereocenters. The highest BCUT2D eigenvalue weighted by Gasteiger charge is 2.61. The van der Waals surface area contributed by atoms with Crippen LogP contribution >= 0.6 is 0 Å². The number of nitrogens with zero attached hydrogens (tertiary/aromatic N) is 3. The van der Waals surface area contributed by atoms with E-state index in [0.717, 1.165) is 48.4 Å². The monoisotopic (exact) mass is 938 g/mol. The fraction of sp³-hybridized carbons (Fsp3) is 0.424. The molecule has 0 saturated heterocycles. The minimum absolute atomic E-state index is 0.000748. The van der Waals surface area contributed by atoms with Crippen LogP contribution in [0.15, 0.2) is 133 Å². The molecule has 2 unspecified atom stereocenters. The fourth-order valence-electron chi connectivity index (χ4n) is 14.3. The molecular weight excluding hydrogens is 862 g/mol. The molecule has 6 aromatic rings. The van der Waals surface area contributed by atoms with Crippen molar-refractivity contribution in [3.05, 3.63) is 166 Å². The lowest BCUT2D eigenvalue weighted by Crippen LogP contribution is -2.56. The van der Waals surface area contributed by atoms with Crippen molar-refractivity contribution in [3.63, 3.8) is 0 Å². The summed E-state index contributed by atoms with van der Waals surface area (Å²) in [6, 6.07) is 47.6. The Bertz CT molecular complexity index is 3190. The van der Waals surface area contributed by atoms with Gasteiger partial charge in [-0.2, -0.15) is 0 Å². The molecule has 5 heteroatoms.